The second-order valence-electron chi connectivity index (χ2n) is 5.80. The maximum absolute atomic E-state index is 11.4. The van der Waals surface area contributed by atoms with E-state index in [1.165, 1.54) is 38.5 Å². The van der Waals surface area contributed by atoms with Crippen LogP contribution in [0.1, 0.15) is 58.3 Å². The summed E-state index contributed by atoms with van der Waals surface area (Å²) >= 11 is 0. The Kier molecular flexibility index (Phi) is 9.76. The molecular formula is C13H30O3Si3. The zero-order valence-corrected chi connectivity index (χ0v) is 16.4. The van der Waals surface area contributed by atoms with E-state index in [4.69, 9.17) is 4.43 Å². The van der Waals surface area contributed by atoms with Gasteiger partial charge in [-0.2, -0.15) is 0 Å². The number of hydrogen-bond donors (Lipinski definition) is 1. The van der Waals surface area contributed by atoms with Crippen molar-refractivity contribution >= 4 is 32.1 Å². The van der Waals surface area contributed by atoms with E-state index in [0.717, 1.165) is 25.5 Å². The molecule has 0 bridgehead atoms. The molecule has 1 rings (SSSR count). The standard InChI is InChI=1S/C13H30O3Si3/c1-2-3-4-5-6-7-8-9-12(13(14)15)19-11-10-16-17-18-19/h12,19H,2-11,17-18H2,1H3,(H,14,15). The number of hydrogen-bond acceptors (Lipinski definition) is 2. The average molecular weight is 319 g/mol. The summed E-state index contributed by atoms with van der Waals surface area (Å²) in [7, 11) is -1.16. The number of rotatable bonds is 10. The van der Waals surface area contributed by atoms with Crippen molar-refractivity contribution in [3.8, 4) is 0 Å². The molecule has 0 spiro atoms. The van der Waals surface area contributed by atoms with E-state index < -0.39 is 14.3 Å². The molecule has 0 amide bonds. The predicted octanol–water partition coefficient (Wildman–Crippen LogP) is 1.50. The van der Waals surface area contributed by atoms with Crippen molar-refractivity contribution in [3.63, 3.8) is 0 Å². The third kappa shape index (κ3) is 7.43. The molecule has 0 radical (unpaired) electrons. The number of aliphatic carboxylic acids is 1. The Morgan fingerprint density at radius 1 is 1.26 bits per heavy atom. The Morgan fingerprint density at radius 3 is 2.53 bits per heavy atom. The summed E-state index contributed by atoms with van der Waals surface area (Å²) in [6.45, 7) is 3.14. The minimum atomic E-state index is -0.893. The summed E-state index contributed by atoms with van der Waals surface area (Å²) < 4.78 is 5.55. The molecule has 3 nitrogen and oxygen atoms in total. The van der Waals surface area contributed by atoms with Gasteiger partial charge in [0, 0.05) is 29.0 Å². The molecule has 1 aliphatic heterocycles. The van der Waals surface area contributed by atoms with Gasteiger partial charge in [0.1, 0.15) is 9.28 Å². The lowest BCUT2D eigenvalue weighted by Crippen LogP contribution is -2.41. The van der Waals surface area contributed by atoms with Gasteiger partial charge in [-0.05, 0) is 12.5 Å². The summed E-state index contributed by atoms with van der Waals surface area (Å²) in [4.78, 5) is 11.4. The third-order valence-electron chi connectivity index (χ3n) is 4.27. The number of carboxylic acids is 1. The Labute approximate surface area is 123 Å². The van der Waals surface area contributed by atoms with Crippen LogP contribution in [0.15, 0.2) is 0 Å². The molecule has 0 aromatic rings. The van der Waals surface area contributed by atoms with Crippen LogP contribution in [0.4, 0.5) is 0 Å². The Balaban J connectivity index is 2.13. The van der Waals surface area contributed by atoms with E-state index >= 15 is 0 Å². The summed E-state index contributed by atoms with van der Waals surface area (Å²) in [5.41, 5.74) is 0.0960. The van der Waals surface area contributed by atoms with Crippen LogP contribution in [-0.2, 0) is 9.22 Å². The highest BCUT2D eigenvalue weighted by atomic mass is 29.5. The summed E-state index contributed by atoms with van der Waals surface area (Å²) in [5, 5.41) is 9.43. The zero-order chi connectivity index (χ0) is 13.9. The lowest BCUT2D eigenvalue weighted by atomic mass is 10.1. The molecule has 6 heteroatoms. The normalized spacial score (nSPS) is 23.7. The van der Waals surface area contributed by atoms with E-state index in [2.05, 4.69) is 6.92 Å². The first kappa shape index (κ1) is 17.1. The Hall–Kier alpha value is 0.0806. The van der Waals surface area contributed by atoms with Crippen LogP contribution >= 0.6 is 0 Å². The largest absolute Gasteiger partial charge is 0.481 e. The highest BCUT2D eigenvalue weighted by Gasteiger charge is 2.30. The molecule has 0 aliphatic carbocycles. The zero-order valence-electron chi connectivity index (χ0n) is 12.4. The molecule has 1 heterocycles. The first-order valence-electron chi connectivity index (χ1n) is 8.06. The Bertz CT molecular complexity index is 245. The van der Waals surface area contributed by atoms with Gasteiger partial charge in [-0.1, -0.05) is 51.9 Å². The molecule has 1 saturated heterocycles. The van der Waals surface area contributed by atoms with E-state index in [1.807, 2.05) is 0 Å². The molecule has 2 unspecified atom stereocenters. The van der Waals surface area contributed by atoms with Crippen LogP contribution in [0, 0.1) is 0 Å². The minimum Gasteiger partial charge on any atom is -0.481 e. The molecule has 19 heavy (non-hydrogen) atoms. The molecule has 112 valence electrons. The van der Waals surface area contributed by atoms with Gasteiger partial charge in [-0.15, -0.1) is 0 Å². The first-order chi connectivity index (χ1) is 9.25. The van der Waals surface area contributed by atoms with Crippen molar-refractivity contribution in [2.45, 2.75) is 69.9 Å². The van der Waals surface area contributed by atoms with Crippen LogP contribution in [0.3, 0.4) is 0 Å². The topological polar surface area (TPSA) is 46.5 Å². The first-order valence-corrected chi connectivity index (χ1v) is 17.4. The second-order valence-corrected chi connectivity index (χ2v) is 21.4. The van der Waals surface area contributed by atoms with Gasteiger partial charge in [0.2, 0.25) is 0 Å². The monoisotopic (exact) mass is 318 g/mol. The fourth-order valence-corrected chi connectivity index (χ4v) is 23.2. The van der Waals surface area contributed by atoms with Crippen molar-refractivity contribution in [3.05, 3.63) is 0 Å². The minimum absolute atomic E-state index is 0.0438. The Morgan fingerprint density at radius 2 is 1.95 bits per heavy atom. The van der Waals surface area contributed by atoms with E-state index in [-0.39, 0.29) is 23.4 Å². The smallest absolute Gasteiger partial charge is 0.303 e. The maximum atomic E-state index is 11.4. The molecule has 0 aromatic heterocycles. The van der Waals surface area contributed by atoms with Gasteiger partial charge < -0.3 is 9.53 Å². The maximum Gasteiger partial charge on any atom is 0.303 e. The van der Waals surface area contributed by atoms with Crippen LogP contribution in [0.25, 0.3) is 0 Å². The van der Waals surface area contributed by atoms with E-state index in [0.29, 0.717) is 0 Å². The van der Waals surface area contributed by atoms with Crippen molar-refractivity contribution in [1.82, 2.24) is 0 Å². The SMILES string of the molecule is CCCCCCCCCC(C(=O)O)[SiH]1CCO[SiH2][SiH2]1. The third-order valence-corrected chi connectivity index (χ3v) is 24.1. The summed E-state index contributed by atoms with van der Waals surface area (Å²) in [5.74, 6) is -0.481. The van der Waals surface area contributed by atoms with Crippen molar-refractivity contribution < 1.29 is 14.3 Å². The molecule has 0 aromatic carbocycles. The van der Waals surface area contributed by atoms with Gasteiger partial charge in [-0.3, -0.25) is 4.79 Å². The molecular weight excluding hydrogens is 288 g/mol. The van der Waals surface area contributed by atoms with Gasteiger partial charge >= 0.3 is 5.97 Å². The van der Waals surface area contributed by atoms with Crippen LogP contribution < -0.4 is 0 Å². The van der Waals surface area contributed by atoms with Crippen molar-refractivity contribution in [1.29, 1.82) is 0 Å². The van der Waals surface area contributed by atoms with Gasteiger partial charge in [0.05, 0.1) is 0 Å². The molecule has 0 saturated carbocycles. The van der Waals surface area contributed by atoms with Crippen LogP contribution in [0.2, 0.25) is 11.6 Å². The lowest BCUT2D eigenvalue weighted by molar-refractivity contribution is -0.137. The quantitative estimate of drug-likeness (QED) is 0.490. The van der Waals surface area contributed by atoms with Crippen LogP contribution in [-0.4, -0.2) is 43.8 Å². The lowest BCUT2D eigenvalue weighted by Gasteiger charge is -2.25. The molecule has 2 atom stereocenters. The van der Waals surface area contributed by atoms with E-state index in [9.17, 15) is 9.90 Å². The summed E-state index contributed by atoms with van der Waals surface area (Å²) in [6.07, 6.45) is 9.99. The van der Waals surface area contributed by atoms with E-state index in [1.54, 1.807) is 0 Å². The van der Waals surface area contributed by atoms with Gasteiger partial charge in [0.25, 0.3) is 0 Å². The predicted molar refractivity (Wildman–Crippen MR) is 89.0 cm³/mol. The van der Waals surface area contributed by atoms with Crippen molar-refractivity contribution in [2.24, 2.45) is 0 Å². The number of unbranched alkanes of at least 4 members (excludes halogenated alkanes) is 6. The van der Waals surface area contributed by atoms with Gasteiger partial charge in [-0.25, -0.2) is 0 Å². The average Bonchev–Trinajstić information content (AvgIpc) is 2.42. The fourth-order valence-electron chi connectivity index (χ4n) is 3.00. The highest BCUT2D eigenvalue weighted by Crippen LogP contribution is 2.23. The molecule has 1 fully saturated rings. The second kappa shape index (κ2) is 10.8. The number of carboxylic acid groups (broad SMARTS) is 1. The molecule has 1 aliphatic rings. The highest BCUT2D eigenvalue weighted by molar-refractivity contribution is 7.36. The number of carbonyl (C=O) groups is 1. The fraction of sp³-hybridized carbons (Fsp3) is 0.923. The van der Waals surface area contributed by atoms with Gasteiger partial charge in [0.15, 0.2) is 0 Å². The van der Waals surface area contributed by atoms with Crippen molar-refractivity contribution in [2.75, 3.05) is 6.61 Å². The summed E-state index contributed by atoms with van der Waals surface area (Å²) in [6, 6.07) is 1.16. The molecule has 1 N–H and O–H groups in total. The van der Waals surface area contributed by atoms with Crippen LogP contribution in [0.5, 0.6) is 0 Å².